The molecule has 1 atom stereocenters. The number of benzene rings is 1. The van der Waals surface area contributed by atoms with Gasteiger partial charge in [0.2, 0.25) is 5.91 Å². The molecule has 1 amide bonds. The molecule has 0 saturated heterocycles. The number of hydrogen-bond acceptors (Lipinski definition) is 5. The average molecular weight is 303 g/mol. The predicted octanol–water partition coefficient (Wildman–Crippen LogP) is 1.66. The molecule has 0 fully saturated rings. The van der Waals surface area contributed by atoms with E-state index in [0.717, 1.165) is 0 Å². The van der Waals surface area contributed by atoms with Crippen molar-refractivity contribution in [2.45, 2.75) is 26.2 Å². The van der Waals surface area contributed by atoms with Crippen molar-refractivity contribution in [3.63, 3.8) is 0 Å². The Balaban J connectivity index is 2.44. The second-order valence-corrected chi connectivity index (χ2v) is 5.00. The Morgan fingerprint density at radius 1 is 1.32 bits per heavy atom. The van der Waals surface area contributed by atoms with Crippen molar-refractivity contribution in [3.05, 3.63) is 41.1 Å². The number of nitrogens with one attached hydrogen (secondary N) is 1. The Hall–Kier alpha value is -2.63. The Labute approximate surface area is 128 Å². The van der Waals surface area contributed by atoms with Crippen molar-refractivity contribution >= 4 is 17.8 Å². The van der Waals surface area contributed by atoms with Crippen LogP contribution in [0.2, 0.25) is 0 Å². The van der Waals surface area contributed by atoms with Gasteiger partial charge in [0.25, 0.3) is 0 Å². The molecule has 22 heavy (non-hydrogen) atoms. The van der Waals surface area contributed by atoms with Crippen LogP contribution in [0.15, 0.2) is 35.5 Å². The van der Waals surface area contributed by atoms with Crippen LogP contribution in [0.25, 0.3) is 0 Å². The zero-order valence-electron chi connectivity index (χ0n) is 12.6. The Kier molecular flexibility index (Phi) is 4.60. The largest absolute Gasteiger partial charge is 0.466 e. The molecule has 1 aromatic rings. The lowest BCUT2D eigenvalue weighted by Gasteiger charge is -2.26. The lowest BCUT2D eigenvalue weighted by atomic mass is 9.84. The zero-order chi connectivity index (χ0) is 16.3. The molecular weight excluding hydrogens is 286 g/mol. The van der Waals surface area contributed by atoms with Crippen LogP contribution in [0.4, 0.5) is 0 Å². The highest BCUT2D eigenvalue weighted by Crippen LogP contribution is 2.34. The van der Waals surface area contributed by atoms with Gasteiger partial charge in [0.05, 0.1) is 12.7 Å². The van der Waals surface area contributed by atoms with Crippen LogP contribution >= 0.6 is 0 Å². The standard InChI is InChI=1S/C16H17NO5/c1-9-15(16(20)21-3)13(8-14(19)17-9)11-5-4-6-12(7-11)22-10(2)18/h4-7,13H,8H2,1-3H3,(H,17,19). The van der Waals surface area contributed by atoms with Crippen LogP contribution in [-0.4, -0.2) is 25.0 Å². The minimum atomic E-state index is -0.486. The molecule has 0 bridgehead atoms. The van der Waals surface area contributed by atoms with Gasteiger partial charge in [-0.25, -0.2) is 4.79 Å². The van der Waals surface area contributed by atoms with Gasteiger partial charge in [0.1, 0.15) is 5.75 Å². The molecule has 1 aliphatic heterocycles. The number of esters is 2. The van der Waals surface area contributed by atoms with Crippen molar-refractivity contribution in [1.29, 1.82) is 0 Å². The van der Waals surface area contributed by atoms with Crippen LogP contribution in [0, 0.1) is 0 Å². The molecule has 6 heteroatoms. The SMILES string of the molecule is COC(=O)C1=C(C)NC(=O)CC1c1cccc(OC(C)=O)c1. The second-order valence-electron chi connectivity index (χ2n) is 5.00. The maximum atomic E-state index is 12.0. The number of allylic oxidation sites excluding steroid dienone is 1. The molecular formula is C16H17NO5. The molecule has 0 radical (unpaired) electrons. The topological polar surface area (TPSA) is 81.7 Å². The molecule has 2 rings (SSSR count). The third-order valence-corrected chi connectivity index (χ3v) is 3.40. The number of amides is 1. The summed E-state index contributed by atoms with van der Waals surface area (Å²) in [5, 5.41) is 2.65. The minimum absolute atomic E-state index is 0.130. The van der Waals surface area contributed by atoms with Gasteiger partial charge >= 0.3 is 11.9 Å². The first kappa shape index (κ1) is 15.8. The van der Waals surface area contributed by atoms with Crippen molar-refractivity contribution in [1.82, 2.24) is 5.32 Å². The molecule has 0 spiro atoms. The normalized spacial score (nSPS) is 17.8. The van der Waals surface area contributed by atoms with E-state index in [1.807, 2.05) is 0 Å². The van der Waals surface area contributed by atoms with Crippen LogP contribution in [-0.2, 0) is 19.1 Å². The average Bonchev–Trinajstić information content (AvgIpc) is 2.45. The van der Waals surface area contributed by atoms with Gasteiger partial charge in [-0.3, -0.25) is 9.59 Å². The van der Waals surface area contributed by atoms with Crippen LogP contribution in [0.3, 0.4) is 0 Å². The van der Waals surface area contributed by atoms with E-state index >= 15 is 0 Å². The fourth-order valence-corrected chi connectivity index (χ4v) is 2.53. The van der Waals surface area contributed by atoms with Crippen LogP contribution < -0.4 is 10.1 Å². The van der Waals surface area contributed by atoms with Crippen LogP contribution in [0.5, 0.6) is 5.75 Å². The molecule has 0 saturated carbocycles. The smallest absolute Gasteiger partial charge is 0.336 e. The maximum absolute atomic E-state index is 12.0. The first-order chi connectivity index (χ1) is 10.4. The number of ether oxygens (including phenoxy) is 2. The molecule has 6 nitrogen and oxygen atoms in total. The summed E-state index contributed by atoms with van der Waals surface area (Å²) in [5.41, 5.74) is 1.60. The van der Waals surface area contributed by atoms with E-state index in [1.165, 1.54) is 14.0 Å². The number of hydrogen-bond donors (Lipinski definition) is 1. The Bertz CT molecular complexity index is 662. The third kappa shape index (κ3) is 3.33. The molecule has 1 unspecified atom stereocenters. The number of carbonyl (C=O) groups is 3. The van der Waals surface area contributed by atoms with Gasteiger partial charge in [-0.05, 0) is 24.6 Å². The summed E-state index contributed by atoms with van der Waals surface area (Å²) in [5.74, 6) is -1.15. The van der Waals surface area contributed by atoms with Gasteiger partial charge in [-0.1, -0.05) is 12.1 Å². The van der Waals surface area contributed by atoms with Crippen molar-refractivity contribution in [3.8, 4) is 5.75 Å². The van der Waals surface area contributed by atoms with Gasteiger partial charge in [0, 0.05) is 25.0 Å². The van der Waals surface area contributed by atoms with E-state index in [4.69, 9.17) is 9.47 Å². The van der Waals surface area contributed by atoms with Crippen molar-refractivity contribution in [2.24, 2.45) is 0 Å². The highest BCUT2D eigenvalue weighted by molar-refractivity contribution is 5.95. The summed E-state index contributed by atoms with van der Waals surface area (Å²) in [6.45, 7) is 2.97. The highest BCUT2D eigenvalue weighted by Gasteiger charge is 2.32. The van der Waals surface area contributed by atoms with Gasteiger partial charge in [-0.2, -0.15) is 0 Å². The monoisotopic (exact) mass is 303 g/mol. The molecule has 0 aliphatic carbocycles. The fraction of sp³-hybridized carbons (Fsp3) is 0.312. The number of carbonyl (C=O) groups excluding carboxylic acids is 3. The van der Waals surface area contributed by atoms with E-state index in [9.17, 15) is 14.4 Å². The molecule has 1 aromatic carbocycles. The highest BCUT2D eigenvalue weighted by atomic mass is 16.5. The van der Waals surface area contributed by atoms with E-state index in [1.54, 1.807) is 31.2 Å². The summed E-state index contributed by atoms with van der Waals surface area (Å²) in [7, 11) is 1.30. The van der Waals surface area contributed by atoms with Gasteiger partial charge in [0.15, 0.2) is 0 Å². The summed E-state index contributed by atoms with van der Waals surface area (Å²) >= 11 is 0. The van der Waals surface area contributed by atoms with Gasteiger partial charge < -0.3 is 14.8 Å². The number of rotatable bonds is 3. The molecule has 1 heterocycles. The van der Waals surface area contributed by atoms with Crippen LogP contribution in [0.1, 0.15) is 31.7 Å². The zero-order valence-corrected chi connectivity index (χ0v) is 12.6. The second kappa shape index (κ2) is 6.43. The molecule has 1 N–H and O–H groups in total. The summed E-state index contributed by atoms with van der Waals surface area (Å²) in [6, 6.07) is 6.79. The van der Waals surface area contributed by atoms with E-state index in [0.29, 0.717) is 22.6 Å². The summed E-state index contributed by atoms with van der Waals surface area (Å²) in [4.78, 5) is 34.9. The first-order valence-corrected chi connectivity index (χ1v) is 6.79. The third-order valence-electron chi connectivity index (χ3n) is 3.40. The minimum Gasteiger partial charge on any atom is -0.466 e. The van der Waals surface area contributed by atoms with Crippen molar-refractivity contribution in [2.75, 3.05) is 7.11 Å². The lowest BCUT2D eigenvalue weighted by Crippen LogP contribution is -2.34. The number of methoxy groups -OCH3 is 1. The maximum Gasteiger partial charge on any atom is 0.336 e. The van der Waals surface area contributed by atoms with E-state index in [-0.39, 0.29) is 12.3 Å². The Morgan fingerprint density at radius 2 is 2.05 bits per heavy atom. The van der Waals surface area contributed by atoms with Crippen molar-refractivity contribution < 1.29 is 23.9 Å². The first-order valence-electron chi connectivity index (χ1n) is 6.79. The predicted molar refractivity (Wildman–Crippen MR) is 78.0 cm³/mol. The fourth-order valence-electron chi connectivity index (χ4n) is 2.53. The van der Waals surface area contributed by atoms with Gasteiger partial charge in [-0.15, -0.1) is 0 Å². The lowest BCUT2D eigenvalue weighted by molar-refractivity contribution is -0.137. The summed E-state index contributed by atoms with van der Waals surface area (Å²) < 4.78 is 9.86. The molecule has 116 valence electrons. The van der Waals surface area contributed by atoms with E-state index in [2.05, 4.69) is 5.32 Å². The van der Waals surface area contributed by atoms with E-state index < -0.39 is 17.9 Å². The quantitative estimate of drug-likeness (QED) is 0.678. The summed E-state index contributed by atoms with van der Waals surface area (Å²) in [6.07, 6.45) is 0.130. The molecule has 0 aromatic heterocycles. The molecule has 1 aliphatic rings. The Morgan fingerprint density at radius 3 is 2.68 bits per heavy atom.